The maximum absolute atomic E-state index is 14.4. The summed E-state index contributed by atoms with van der Waals surface area (Å²) < 4.78 is 68.9. The quantitative estimate of drug-likeness (QED) is 0.132. The molecule has 0 aliphatic heterocycles. The molecule has 0 fully saturated rings. The van der Waals surface area contributed by atoms with Gasteiger partial charge in [-0.05, 0) is 72.8 Å². The molecule has 47 heavy (non-hydrogen) atoms. The van der Waals surface area contributed by atoms with E-state index < -0.39 is 23.4 Å². The molecule has 250 valence electrons. The molecule has 1 heterocycles. The molecule has 0 saturated carbocycles. The first-order valence-corrected chi connectivity index (χ1v) is 15.8. The minimum absolute atomic E-state index is 0.0455. The van der Waals surface area contributed by atoms with Crippen molar-refractivity contribution in [1.29, 1.82) is 0 Å². The van der Waals surface area contributed by atoms with Crippen LogP contribution in [0.3, 0.4) is 0 Å². The van der Waals surface area contributed by atoms with Crippen LogP contribution in [0, 0.1) is 11.6 Å². The zero-order valence-electron chi connectivity index (χ0n) is 26.9. The lowest BCUT2D eigenvalue weighted by Gasteiger charge is -2.28. The van der Waals surface area contributed by atoms with Crippen LogP contribution in [-0.2, 0) is 43.3 Å². The number of aryl methyl sites for hydroxylation is 3. The van der Waals surface area contributed by atoms with Gasteiger partial charge < -0.3 is 14.4 Å². The number of nitrogens with zero attached hydrogens (tertiary/aromatic N) is 3. The molecule has 1 amide bonds. The van der Waals surface area contributed by atoms with Crippen molar-refractivity contribution in [2.24, 2.45) is 0 Å². The number of hydrogen-bond acceptors (Lipinski definition) is 3. The Labute approximate surface area is 272 Å². The number of carbonyl (C=O) groups excluding carboxylic acids is 1. The van der Waals surface area contributed by atoms with Crippen molar-refractivity contribution >= 4 is 5.91 Å². The standard InChI is InChI=1S/C37H40F5N3O2/c1-4-27-24-45(32(22-34(27)46)19-16-30-8-7-9-33(38)36(30)39)25-35(47)44(21-20-43(5-2)6-3)23-26-10-12-28(13-11-26)29-14-17-31(18-15-29)37(40,41)42/h7-15,17-18,22,24H,4-6,16,19-21,23,25H2,1-3H3. The van der Waals surface area contributed by atoms with E-state index in [0.717, 1.165) is 42.4 Å². The monoisotopic (exact) mass is 653 g/mol. The number of pyridine rings is 1. The lowest BCUT2D eigenvalue weighted by molar-refractivity contribution is -0.137. The Hall–Kier alpha value is -4.31. The van der Waals surface area contributed by atoms with Gasteiger partial charge in [0.25, 0.3) is 0 Å². The lowest BCUT2D eigenvalue weighted by Crippen LogP contribution is -2.40. The van der Waals surface area contributed by atoms with Gasteiger partial charge in [-0.2, -0.15) is 13.2 Å². The highest BCUT2D eigenvalue weighted by Gasteiger charge is 2.30. The van der Waals surface area contributed by atoms with Crippen molar-refractivity contribution in [2.45, 2.75) is 59.3 Å². The fraction of sp³-hybridized carbons (Fsp3) is 0.351. The van der Waals surface area contributed by atoms with Gasteiger partial charge in [0.05, 0.1) is 5.56 Å². The highest BCUT2D eigenvalue weighted by Crippen LogP contribution is 2.31. The summed E-state index contributed by atoms with van der Waals surface area (Å²) in [6, 6.07) is 17.8. The predicted molar refractivity (Wildman–Crippen MR) is 174 cm³/mol. The van der Waals surface area contributed by atoms with Gasteiger partial charge in [-0.1, -0.05) is 69.3 Å². The van der Waals surface area contributed by atoms with E-state index in [4.69, 9.17) is 0 Å². The fourth-order valence-electron chi connectivity index (χ4n) is 5.51. The van der Waals surface area contributed by atoms with E-state index in [0.29, 0.717) is 42.9 Å². The summed E-state index contributed by atoms with van der Waals surface area (Å²) in [6.45, 7) is 8.96. The number of hydrogen-bond donors (Lipinski definition) is 0. The topological polar surface area (TPSA) is 45.6 Å². The lowest BCUT2D eigenvalue weighted by atomic mass is 10.0. The van der Waals surface area contributed by atoms with Crippen LogP contribution in [0.25, 0.3) is 11.1 Å². The Morgan fingerprint density at radius 3 is 2.04 bits per heavy atom. The minimum atomic E-state index is -4.41. The molecule has 1 aromatic heterocycles. The minimum Gasteiger partial charge on any atom is -0.342 e. The number of alkyl halides is 3. The van der Waals surface area contributed by atoms with Gasteiger partial charge >= 0.3 is 6.18 Å². The van der Waals surface area contributed by atoms with Gasteiger partial charge in [-0.3, -0.25) is 9.59 Å². The van der Waals surface area contributed by atoms with E-state index in [1.54, 1.807) is 15.7 Å². The van der Waals surface area contributed by atoms with Gasteiger partial charge in [-0.25, -0.2) is 8.78 Å². The Kier molecular flexibility index (Phi) is 12.1. The van der Waals surface area contributed by atoms with Crippen LogP contribution in [0.15, 0.2) is 83.8 Å². The van der Waals surface area contributed by atoms with Crippen molar-refractivity contribution in [2.75, 3.05) is 26.2 Å². The van der Waals surface area contributed by atoms with E-state index in [9.17, 15) is 31.5 Å². The molecular formula is C37H40F5N3O2. The zero-order chi connectivity index (χ0) is 34.1. The third kappa shape index (κ3) is 9.38. The summed E-state index contributed by atoms with van der Waals surface area (Å²) in [5.41, 5.74) is 2.66. The Balaban J connectivity index is 1.56. The van der Waals surface area contributed by atoms with E-state index in [-0.39, 0.29) is 36.3 Å². The number of halogens is 5. The highest BCUT2D eigenvalue weighted by atomic mass is 19.4. The molecule has 0 unspecified atom stereocenters. The molecule has 0 saturated heterocycles. The molecule has 0 radical (unpaired) electrons. The molecule has 0 atom stereocenters. The molecule has 3 aromatic carbocycles. The Bertz CT molecular complexity index is 1700. The summed E-state index contributed by atoms with van der Waals surface area (Å²) in [4.78, 5) is 30.6. The van der Waals surface area contributed by atoms with Crippen LogP contribution in [-0.4, -0.2) is 46.5 Å². The SMILES string of the molecule is CCc1cn(CC(=O)N(CCN(CC)CC)Cc2ccc(-c3ccc(C(F)(F)F)cc3)cc2)c(CCc2cccc(F)c2F)cc1=O. The van der Waals surface area contributed by atoms with Gasteiger partial charge in [0.1, 0.15) is 6.54 Å². The average Bonchev–Trinajstić information content (AvgIpc) is 3.06. The maximum atomic E-state index is 14.4. The highest BCUT2D eigenvalue weighted by molar-refractivity contribution is 5.76. The van der Waals surface area contributed by atoms with E-state index in [2.05, 4.69) is 18.7 Å². The molecule has 0 spiro atoms. The molecule has 5 nitrogen and oxygen atoms in total. The van der Waals surface area contributed by atoms with Crippen LogP contribution in [0.4, 0.5) is 22.0 Å². The summed E-state index contributed by atoms with van der Waals surface area (Å²) in [5, 5.41) is 0. The summed E-state index contributed by atoms with van der Waals surface area (Å²) in [7, 11) is 0. The summed E-state index contributed by atoms with van der Waals surface area (Å²) in [5.74, 6) is -2.03. The fourth-order valence-corrected chi connectivity index (χ4v) is 5.51. The molecule has 0 aliphatic rings. The third-order valence-electron chi connectivity index (χ3n) is 8.47. The maximum Gasteiger partial charge on any atom is 0.416 e. The van der Waals surface area contributed by atoms with E-state index >= 15 is 0 Å². The van der Waals surface area contributed by atoms with Crippen LogP contribution in [0.5, 0.6) is 0 Å². The summed E-state index contributed by atoms with van der Waals surface area (Å²) >= 11 is 0. The molecule has 0 aliphatic carbocycles. The van der Waals surface area contributed by atoms with E-state index in [1.165, 1.54) is 30.3 Å². The number of likely N-dealkylation sites (N-methyl/N-ethyl adjacent to an activating group) is 1. The second-order valence-corrected chi connectivity index (χ2v) is 11.5. The molecular weight excluding hydrogens is 613 g/mol. The van der Waals surface area contributed by atoms with Crippen molar-refractivity contribution in [3.63, 3.8) is 0 Å². The first-order valence-electron chi connectivity index (χ1n) is 15.8. The van der Waals surface area contributed by atoms with Crippen molar-refractivity contribution in [1.82, 2.24) is 14.4 Å². The van der Waals surface area contributed by atoms with Gasteiger partial charge in [0.2, 0.25) is 5.91 Å². The van der Waals surface area contributed by atoms with Gasteiger partial charge in [-0.15, -0.1) is 0 Å². The smallest absolute Gasteiger partial charge is 0.342 e. The first-order chi connectivity index (χ1) is 22.4. The molecule has 4 aromatic rings. The Morgan fingerprint density at radius 2 is 1.45 bits per heavy atom. The average molecular weight is 654 g/mol. The predicted octanol–water partition coefficient (Wildman–Crippen LogP) is 7.53. The molecule has 4 rings (SSSR count). The number of amides is 1. The number of aromatic nitrogens is 1. The van der Waals surface area contributed by atoms with Crippen LogP contribution in [0.1, 0.15) is 48.7 Å². The molecule has 0 N–H and O–H groups in total. The second kappa shape index (κ2) is 16.0. The summed E-state index contributed by atoms with van der Waals surface area (Å²) in [6.07, 6.45) is -1.87. The third-order valence-corrected chi connectivity index (χ3v) is 8.47. The molecule has 10 heteroatoms. The van der Waals surface area contributed by atoms with Gasteiger partial charge in [0.15, 0.2) is 17.1 Å². The number of benzene rings is 3. The van der Waals surface area contributed by atoms with Crippen molar-refractivity contribution in [3.8, 4) is 11.1 Å². The largest absolute Gasteiger partial charge is 0.416 e. The number of carbonyl (C=O) groups is 1. The van der Waals surface area contributed by atoms with Gasteiger partial charge in [0, 0.05) is 43.2 Å². The van der Waals surface area contributed by atoms with E-state index in [1.807, 2.05) is 31.2 Å². The normalized spacial score (nSPS) is 11.7. The van der Waals surface area contributed by atoms with Crippen LogP contribution < -0.4 is 5.43 Å². The van der Waals surface area contributed by atoms with Crippen molar-refractivity contribution in [3.05, 3.63) is 129 Å². The second-order valence-electron chi connectivity index (χ2n) is 11.5. The first kappa shape index (κ1) is 35.5. The molecule has 0 bridgehead atoms. The number of rotatable bonds is 14. The van der Waals surface area contributed by atoms with Crippen molar-refractivity contribution < 1.29 is 26.7 Å². The van der Waals surface area contributed by atoms with Crippen LogP contribution >= 0.6 is 0 Å². The van der Waals surface area contributed by atoms with Crippen LogP contribution in [0.2, 0.25) is 0 Å². The zero-order valence-corrected chi connectivity index (χ0v) is 26.9. The Morgan fingerprint density at radius 1 is 0.809 bits per heavy atom.